The molecule has 2 bridgehead atoms. The summed E-state index contributed by atoms with van der Waals surface area (Å²) in [6.07, 6.45) is 10.8. The van der Waals surface area contributed by atoms with Crippen molar-refractivity contribution in [1.29, 1.82) is 0 Å². The molecule has 3 amide bonds. The lowest BCUT2D eigenvalue weighted by Gasteiger charge is -2.40. The second-order valence-electron chi connectivity index (χ2n) is 13.1. The van der Waals surface area contributed by atoms with Gasteiger partial charge in [0.25, 0.3) is 0 Å². The molecule has 4 aliphatic rings. The SMILES string of the molecule is C=CCCC(=O)OC[C@H](NC(=O)[C@@H]1[C@H]2C(=O)N(CCCCO)[C@H](C(=O)N(CC=C)C3CCCCC3)[C@]23CC[C@H]1O3)c1ccccc1. The van der Waals surface area contributed by atoms with Crippen molar-refractivity contribution < 1.29 is 33.8 Å². The summed E-state index contributed by atoms with van der Waals surface area (Å²) in [7, 11) is 0. The molecule has 1 aromatic rings. The summed E-state index contributed by atoms with van der Waals surface area (Å²) >= 11 is 0. The molecule has 2 N–H and O–H groups in total. The number of nitrogens with one attached hydrogen (secondary N) is 1. The summed E-state index contributed by atoms with van der Waals surface area (Å²) in [5.74, 6) is -2.71. The molecule has 0 radical (unpaired) electrons. The third-order valence-electron chi connectivity index (χ3n) is 10.3. The van der Waals surface area contributed by atoms with Crippen molar-refractivity contribution in [1.82, 2.24) is 15.1 Å². The van der Waals surface area contributed by atoms with Gasteiger partial charge in [-0.2, -0.15) is 0 Å². The molecule has 4 fully saturated rings. The second-order valence-corrected chi connectivity index (χ2v) is 13.1. The molecule has 250 valence electrons. The van der Waals surface area contributed by atoms with Crippen molar-refractivity contribution in [3.05, 3.63) is 61.2 Å². The highest BCUT2D eigenvalue weighted by Crippen LogP contribution is 2.58. The second kappa shape index (κ2) is 15.4. The van der Waals surface area contributed by atoms with E-state index in [-0.39, 0.29) is 49.4 Å². The first kappa shape index (κ1) is 33.9. The topological polar surface area (TPSA) is 125 Å². The molecule has 1 aromatic carbocycles. The number of allylic oxidation sites excluding steroid dienone is 1. The van der Waals surface area contributed by atoms with Gasteiger partial charge in [-0.25, -0.2) is 0 Å². The van der Waals surface area contributed by atoms with Gasteiger partial charge in [-0.3, -0.25) is 19.2 Å². The minimum absolute atomic E-state index is 0.0114. The Morgan fingerprint density at radius 1 is 1.11 bits per heavy atom. The number of esters is 1. The number of carbonyl (C=O) groups is 4. The third-order valence-corrected chi connectivity index (χ3v) is 10.3. The summed E-state index contributed by atoms with van der Waals surface area (Å²) in [6.45, 7) is 8.19. The average Bonchev–Trinajstić information content (AvgIpc) is 3.72. The Labute approximate surface area is 272 Å². The Bertz CT molecular complexity index is 1270. The smallest absolute Gasteiger partial charge is 0.306 e. The van der Waals surface area contributed by atoms with Gasteiger partial charge >= 0.3 is 5.97 Å². The van der Waals surface area contributed by atoms with Crippen LogP contribution in [0.1, 0.15) is 82.2 Å². The van der Waals surface area contributed by atoms with E-state index < -0.39 is 35.6 Å². The number of rotatable bonds is 16. The largest absolute Gasteiger partial charge is 0.463 e. The van der Waals surface area contributed by atoms with Crippen molar-refractivity contribution in [2.75, 3.05) is 26.3 Å². The van der Waals surface area contributed by atoms with Crippen molar-refractivity contribution in [2.45, 2.75) is 100 Å². The van der Waals surface area contributed by atoms with Crippen LogP contribution < -0.4 is 5.32 Å². The third kappa shape index (κ3) is 6.79. The van der Waals surface area contributed by atoms with Crippen LogP contribution in [0.25, 0.3) is 0 Å². The molecule has 3 saturated heterocycles. The highest BCUT2D eigenvalue weighted by atomic mass is 16.5. The molecule has 3 heterocycles. The number of ether oxygens (including phenoxy) is 2. The summed E-state index contributed by atoms with van der Waals surface area (Å²) in [5, 5.41) is 12.6. The molecule has 10 nitrogen and oxygen atoms in total. The van der Waals surface area contributed by atoms with Gasteiger partial charge in [0, 0.05) is 32.2 Å². The zero-order valence-corrected chi connectivity index (χ0v) is 26.8. The van der Waals surface area contributed by atoms with Crippen LogP contribution in [0.4, 0.5) is 0 Å². The van der Waals surface area contributed by atoms with Crippen LogP contribution in [-0.2, 0) is 28.7 Å². The Hall–Kier alpha value is -3.50. The number of aliphatic hydroxyl groups excluding tert-OH is 1. The maximum Gasteiger partial charge on any atom is 0.306 e. The summed E-state index contributed by atoms with van der Waals surface area (Å²) in [5.41, 5.74) is -0.330. The van der Waals surface area contributed by atoms with Gasteiger partial charge in [-0.15, -0.1) is 13.2 Å². The number of fused-ring (bicyclic) bond motifs is 1. The monoisotopic (exact) mass is 635 g/mol. The quantitative estimate of drug-likeness (QED) is 0.161. The first-order chi connectivity index (χ1) is 22.4. The zero-order valence-electron chi connectivity index (χ0n) is 26.8. The van der Waals surface area contributed by atoms with Gasteiger partial charge in [0.1, 0.15) is 18.2 Å². The van der Waals surface area contributed by atoms with E-state index in [0.29, 0.717) is 45.2 Å². The number of nitrogens with zero attached hydrogens (tertiary/aromatic N) is 2. The number of hydrogen-bond acceptors (Lipinski definition) is 7. The highest BCUT2D eigenvalue weighted by molar-refractivity contribution is 5.99. The van der Waals surface area contributed by atoms with Crippen LogP contribution in [-0.4, -0.2) is 88.7 Å². The maximum absolute atomic E-state index is 14.6. The predicted molar refractivity (Wildman–Crippen MR) is 172 cm³/mol. The van der Waals surface area contributed by atoms with E-state index in [0.717, 1.165) is 37.7 Å². The van der Waals surface area contributed by atoms with Crippen molar-refractivity contribution in [2.24, 2.45) is 11.8 Å². The molecule has 5 rings (SSSR count). The number of unbranched alkanes of at least 4 members (excludes halogenated alkanes) is 1. The number of amides is 3. The van der Waals surface area contributed by atoms with E-state index in [2.05, 4.69) is 18.5 Å². The maximum atomic E-state index is 14.6. The predicted octanol–water partition coefficient (Wildman–Crippen LogP) is 3.85. The molecule has 46 heavy (non-hydrogen) atoms. The lowest BCUT2D eigenvalue weighted by Crippen LogP contribution is -2.58. The number of benzene rings is 1. The van der Waals surface area contributed by atoms with Crippen molar-refractivity contribution in [3.8, 4) is 0 Å². The Kier molecular flexibility index (Phi) is 11.3. The van der Waals surface area contributed by atoms with E-state index in [4.69, 9.17) is 9.47 Å². The van der Waals surface area contributed by atoms with Gasteiger partial charge in [0.15, 0.2) is 0 Å². The number of aliphatic hydroxyl groups is 1. The minimum Gasteiger partial charge on any atom is -0.463 e. The Balaban J connectivity index is 1.42. The summed E-state index contributed by atoms with van der Waals surface area (Å²) < 4.78 is 12.2. The van der Waals surface area contributed by atoms with Crippen LogP contribution in [0.5, 0.6) is 0 Å². The first-order valence-electron chi connectivity index (χ1n) is 17.0. The zero-order chi connectivity index (χ0) is 32.7. The Morgan fingerprint density at radius 3 is 2.57 bits per heavy atom. The van der Waals surface area contributed by atoms with Gasteiger partial charge < -0.3 is 29.7 Å². The standard InChI is InChI=1S/C36H49N3O7/c1-3-5-18-29(41)45-24-27(25-14-8-6-9-15-25)37-33(42)30-28-19-20-36(46-28)31(30)34(43)39(22-12-13-23-40)32(36)35(44)38(21-4-2)26-16-10-7-11-17-26/h3-4,6,8-9,14-15,26-28,30-32,40H,1-2,5,7,10-13,16-24H2,(H,37,42)/t27-,28+,30-,31-,32+,36-/m0/s1. The normalized spacial score (nSPS) is 27.6. The molecule has 6 atom stereocenters. The van der Waals surface area contributed by atoms with Crippen LogP contribution in [0.3, 0.4) is 0 Å². The molecule has 0 aromatic heterocycles. The van der Waals surface area contributed by atoms with Gasteiger partial charge in [-0.05, 0) is 50.5 Å². The van der Waals surface area contributed by atoms with Crippen molar-refractivity contribution in [3.63, 3.8) is 0 Å². The number of likely N-dealkylation sites (tertiary alicyclic amines) is 1. The molecule has 10 heteroatoms. The molecule has 1 aliphatic carbocycles. The van der Waals surface area contributed by atoms with E-state index in [1.165, 1.54) is 0 Å². The molecular formula is C36H49N3O7. The van der Waals surface area contributed by atoms with E-state index >= 15 is 0 Å². The van der Waals surface area contributed by atoms with Crippen LogP contribution >= 0.6 is 0 Å². The Morgan fingerprint density at radius 2 is 1.87 bits per heavy atom. The molecule has 1 spiro atoms. The van der Waals surface area contributed by atoms with Gasteiger partial charge in [0.2, 0.25) is 17.7 Å². The van der Waals surface area contributed by atoms with Crippen LogP contribution in [0.2, 0.25) is 0 Å². The van der Waals surface area contributed by atoms with Crippen molar-refractivity contribution >= 4 is 23.7 Å². The first-order valence-corrected chi connectivity index (χ1v) is 17.0. The van der Waals surface area contributed by atoms with Crippen LogP contribution in [0, 0.1) is 11.8 Å². The van der Waals surface area contributed by atoms with E-state index in [1.807, 2.05) is 35.2 Å². The molecule has 3 aliphatic heterocycles. The number of hydrogen-bond donors (Lipinski definition) is 2. The van der Waals surface area contributed by atoms with E-state index in [1.54, 1.807) is 17.1 Å². The fourth-order valence-electron chi connectivity index (χ4n) is 8.12. The molecule has 0 unspecified atom stereocenters. The van der Waals surface area contributed by atoms with Gasteiger partial charge in [0.05, 0.1) is 24.0 Å². The van der Waals surface area contributed by atoms with E-state index in [9.17, 15) is 24.3 Å². The highest BCUT2D eigenvalue weighted by Gasteiger charge is 2.74. The van der Waals surface area contributed by atoms with Gasteiger partial charge in [-0.1, -0.05) is 61.7 Å². The average molecular weight is 636 g/mol. The minimum atomic E-state index is -1.10. The fourth-order valence-corrected chi connectivity index (χ4v) is 8.12. The lowest BCUT2D eigenvalue weighted by atomic mass is 9.70. The molecular weight excluding hydrogens is 586 g/mol. The fraction of sp³-hybridized carbons (Fsp3) is 0.611. The number of carbonyl (C=O) groups excluding carboxylic acids is 4. The summed E-state index contributed by atoms with van der Waals surface area (Å²) in [4.78, 5) is 59.0. The summed E-state index contributed by atoms with van der Waals surface area (Å²) in [6, 6.07) is 7.90. The lowest BCUT2D eigenvalue weighted by molar-refractivity contribution is -0.150. The molecule has 1 saturated carbocycles. The van der Waals surface area contributed by atoms with Crippen LogP contribution in [0.15, 0.2) is 55.6 Å².